The first-order valence-electron chi connectivity index (χ1n) is 5.47. The van der Waals surface area contributed by atoms with Gasteiger partial charge in [-0.3, -0.25) is 15.5 Å². The maximum Gasteiger partial charge on any atom is 0.270 e. The highest BCUT2D eigenvalue weighted by Crippen LogP contribution is 2.22. The van der Waals surface area contributed by atoms with Gasteiger partial charge in [0.05, 0.1) is 18.2 Å². The lowest BCUT2D eigenvalue weighted by Crippen LogP contribution is -2.31. The average molecular weight is 282 g/mol. The lowest BCUT2D eigenvalue weighted by Gasteiger charge is -2.05. The minimum atomic E-state index is -0.479. The molecule has 0 heterocycles. The van der Waals surface area contributed by atoms with E-state index in [4.69, 9.17) is 17.0 Å². The highest BCUT2D eigenvalue weighted by Gasteiger charge is 2.09. The number of nitrogens with zero attached hydrogens (tertiary/aromatic N) is 2. The van der Waals surface area contributed by atoms with Gasteiger partial charge in [-0.15, -0.1) is 0 Å². The molecule has 0 atom stereocenters. The molecule has 0 radical (unpaired) electrons. The molecular weight excluding hydrogens is 268 g/mol. The third-order valence-corrected chi connectivity index (χ3v) is 2.37. The summed E-state index contributed by atoms with van der Waals surface area (Å²) in [5.74, 6) is 0.491. The molecule has 0 aliphatic carbocycles. The lowest BCUT2D eigenvalue weighted by atomic mass is 10.2. The van der Waals surface area contributed by atoms with Gasteiger partial charge in [-0.2, -0.15) is 5.10 Å². The van der Waals surface area contributed by atoms with Crippen molar-refractivity contribution in [2.45, 2.75) is 6.92 Å². The van der Waals surface area contributed by atoms with Gasteiger partial charge < -0.3 is 10.1 Å². The molecule has 0 spiro atoms. The van der Waals surface area contributed by atoms with Gasteiger partial charge in [0.1, 0.15) is 5.75 Å². The summed E-state index contributed by atoms with van der Waals surface area (Å²) in [4.78, 5) is 10.2. The summed E-state index contributed by atoms with van der Waals surface area (Å²) in [6.07, 6.45) is 1.41. The Balaban J connectivity index is 2.85. The van der Waals surface area contributed by atoms with Gasteiger partial charge in [-0.1, -0.05) is 0 Å². The third-order valence-electron chi connectivity index (χ3n) is 2.13. The summed E-state index contributed by atoms with van der Waals surface area (Å²) >= 11 is 4.92. The Bertz CT molecular complexity index is 505. The predicted octanol–water partition coefficient (Wildman–Crippen LogP) is 1.42. The molecule has 1 rings (SSSR count). The van der Waals surface area contributed by atoms with Crippen molar-refractivity contribution < 1.29 is 9.66 Å². The van der Waals surface area contributed by atoms with Crippen LogP contribution in [0, 0.1) is 10.1 Å². The van der Waals surface area contributed by atoms with Gasteiger partial charge in [0.2, 0.25) is 0 Å². The van der Waals surface area contributed by atoms with Crippen LogP contribution in [0.1, 0.15) is 12.5 Å². The van der Waals surface area contributed by atoms with E-state index >= 15 is 0 Å². The van der Waals surface area contributed by atoms with Crippen molar-refractivity contribution in [1.29, 1.82) is 0 Å². The second-order valence-electron chi connectivity index (χ2n) is 3.41. The van der Waals surface area contributed by atoms with E-state index in [1.807, 2.05) is 6.92 Å². The number of hydrazone groups is 1. The molecule has 2 N–H and O–H groups in total. The lowest BCUT2D eigenvalue weighted by molar-refractivity contribution is -0.384. The maximum atomic E-state index is 10.7. The fourth-order valence-electron chi connectivity index (χ4n) is 1.30. The minimum absolute atomic E-state index is 0.0310. The smallest absolute Gasteiger partial charge is 0.270 e. The molecule has 102 valence electrons. The van der Waals surface area contributed by atoms with Crippen LogP contribution in [0.3, 0.4) is 0 Å². The molecule has 0 saturated carbocycles. The summed E-state index contributed by atoms with van der Waals surface area (Å²) in [5, 5.41) is 17.8. The minimum Gasteiger partial charge on any atom is -0.496 e. The van der Waals surface area contributed by atoms with Crippen LogP contribution in [0.2, 0.25) is 0 Å². The molecule has 0 saturated heterocycles. The molecule has 19 heavy (non-hydrogen) atoms. The molecule has 0 fully saturated rings. The van der Waals surface area contributed by atoms with E-state index in [2.05, 4.69) is 15.8 Å². The van der Waals surface area contributed by atoms with Crippen molar-refractivity contribution in [2.75, 3.05) is 13.7 Å². The number of thiocarbonyl (C=S) groups is 1. The Kier molecular flexibility index (Phi) is 5.68. The predicted molar refractivity (Wildman–Crippen MR) is 76.7 cm³/mol. The molecular formula is C11H14N4O3S. The first-order chi connectivity index (χ1) is 9.08. The van der Waals surface area contributed by atoms with Gasteiger partial charge in [-0.05, 0) is 25.2 Å². The molecule has 0 bridgehead atoms. The zero-order valence-electron chi connectivity index (χ0n) is 10.5. The molecule has 0 aliphatic rings. The molecule has 0 aromatic heterocycles. The average Bonchev–Trinajstić information content (AvgIpc) is 2.38. The first-order valence-corrected chi connectivity index (χ1v) is 5.88. The number of nitro groups is 1. The number of hydrogen-bond acceptors (Lipinski definition) is 5. The Labute approximate surface area is 115 Å². The van der Waals surface area contributed by atoms with E-state index in [9.17, 15) is 10.1 Å². The van der Waals surface area contributed by atoms with Crippen molar-refractivity contribution in [3.05, 3.63) is 33.9 Å². The number of non-ortho nitro benzene ring substituents is 1. The summed E-state index contributed by atoms with van der Waals surface area (Å²) < 4.78 is 5.10. The standard InChI is InChI=1S/C11H14N4O3S/c1-3-12-11(19)14-13-7-8-6-9(15(16)17)4-5-10(8)18-2/h4-7H,3H2,1-2H3,(H2,12,14,19)/b13-7-. The topological polar surface area (TPSA) is 88.8 Å². The molecule has 0 amide bonds. The van der Waals surface area contributed by atoms with E-state index in [1.54, 1.807) is 0 Å². The molecule has 7 nitrogen and oxygen atoms in total. The zero-order valence-corrected chi connectivity index (χ0v) is 11.4. The molecule has 1 aromatic carbocycles. The zero-order chi connectivity index (χ0) is 14.3. The first kappa shape index (κ1) is 14.8. The van der Waals surface area contributed by atoms with Crippen LogP contribution in [0.5, 0.6) is 5.75 Å². The van der Waals surface area contributed by atoms with Crippen LogP contribution in [-0.2, 0) is 0 Å². The molecule has 0 aliphatic heterocycles. The van der Waals surface area contributed by atoms with E-state index in [0.29, 0.717) is 23.0 Å². The van der Waals surface area contributed by atoms with Gasteiger partial charge >= 0.3 is 0 Å². The van der Waals surface area contributed by atoms with Crippen LogP contribution < -0.4 is 15.5 Å². The van der Waals surface area contributed by atoms with Crippen LogP contribution in [-0.4, -0.2) is 29.9 Å². The second kappa shape index (κ2) is 7.27. The number of nitrogens with one attached hydrogen (secondary N) is 2. The fraction of sp³-hybridized carbons (Fsp3) is 0.273. The van der Waals surface area contributed by atoms with Crippen molar-refractivity contribution in [1.82, 2.24) is 10.7 Å². The maximum absolute atomic E-state index is 10.7. The molecule has 8 heteroatoms. The van der Waals surface area contributed by atoms with Crippen molar-refractivity contribution in [3.8, 4) is 5.75 Å². The van der Waals surface area contributed by atoms with Crippen LogP contribution in [0.4, 0.5) is 5.69 Å². The van der Waals surface area contributed by atoms with E-state index < -0.39 is 4.92 Å². The Morgan fingerprint density at radius 2 is 2.37 bits per heavy atom. The monoisotopic (exact) mass is 282 g/mol. The number of methoxy groups -OCH3 is 1. The van der Waals surface area contributed by atoms with E-state index in [1.165, 1.54) is 31.5 Å². The van der Waals surface area contributed by atoms with Crippen LogP contribution in [0.25, 0.3) is 0 Å². The van der Waals surface area contributed by atoms with Crippen LogP contribution >= 0.6 is 12.2 Å². The summed E-state index contributed by atoms with van der Waals surface area (Å²) in [5.41, 5.74) is 3.05. The van der Waals surface area contributed by atoms with Crippen molar-refractivity contribution in [3.63, 3.8) is 0 Å². The quantitative estimate of drug-likeness (QED) is 0.367. The SMILES string of the molecule is CCNC(=S)N/N=C\c1cc([N+](=O)[O-])ccc1OC. The number of hydrogen-bond donors (Lipinski definition) is 2. The third kappa shape index (κ3) is 4.51. The largest absolute Gasteiger partial charge is 0.496 e. The van der Waals surface area contributed by atoms with Crippen molar-refractivity contribution >= 4 is 29.2 Å². The Morgan fingerprint density at radius 3 is 2.95 bits per heavy atom. The molecule has 1 aromatic rings. The van der Waals surface area contributed by atoms with Gasteiger partial charge in [0.15, 0.2) is 5.11 Å². The number of benzene rings is 1. The van der Waals surface area contributed by atoms with Crippen molar-refractivity contribution in [2.24, 2.45) is 5.10 Å². The summed E-state index contributed by atoms with van der Waals surface area (Å²) in [6, 6.07) is 4.26. The summed E-state index contributed by atoms with van der Waals surface area (Å²) in [6.45, 7) is 2.59. The van der Waals surface area contributed by atoms with Crippen LogP contribution in [0.15, 0.2) is 23.3 Å². The van der Waals surface area contributed by atoms with E-state index in [0.717, 1.165) is 0 Å². The summed E-state index contributed by atoms with van der Waals surface area (Å²) in [7, 11) is 1.48. The Hall–Kier alpha value is -2.22. The van der Waals surface area contributed by atoms with Gasteiger partial charge in [0, 0.05) is 24.2 Å². The Morgan fingerprint density at radius 1 is 1.63 bits per heavy atom. The highest BCUT2D eigenvalue weighted by atomic mass is 32.1. The van der Waals surface area contributed by atoms with E-state index in [-0.39, 0.29) is 5.69 Å². The van der Waals surface area contributed by atoms with Gasteiger partial charge in [-0.25, -0.2) is 0 Å². The second-order valence-corrected chi connectivity index (χ2v) is 3.82. The number of ether oxygens (including phenoxy) is 1. The number of nitro benzene ring substituents is 1. The molecule has 0 unspecified atom stereocenters. The number of rotatable bonds is 5. The fourth-order valence-corrected chi connectivity index (χ4v) is 1.49. The van der Waals surface area contributed by atoms with Gasteiger partial charge in [0.25, 0.3) is 5.69 Å². The highest BCUT2D eigenvalue weighted by molar-refractivity contribution is 7.80. The normalized spacial score (nSPS) is 10.2.